The summed E-state index contributed by atoms with van der Waals surface area (Å²) in [6, 6.07) is 8.16. The highest BCUT2D eigenvalue weighted by atomic mass is 16.2. The van der Waals surface area contributed by atoms with E-state index in [0.29, 0.717) is 0 Å². The summed E-state index contributed by atoms with van der Waals surface area (Å²) in [5.74, 6) is -0.262. The lowest BCUT2D eigenvalue weighted by Crippen LogP contribution is -2.39. The summed E-state index contributed by atoms with van der Waals surface area (Å²) in [6.45, 7) is 4.32. The molecule has 0 fully saturated rings. The van der Waals surface area contributed by atoms with Crippen LogP contribution in [0.5, 0.6) is 0 Å². The minimum atomic E-state index is -0.138. The quantitative estimate of drug-likeness (QED) is 0.689. The smallest absolute Gasteiger partial charge is 0.234 e. The minimum Gasteiger partial charge on any atom is -0.358 e. The number of rotatable bonds is 7. The molecule has 0 aromatic heterocycles. The molecule has 110 valence electrons. The molecule has 1 atom stereocenters. The first kappa shape index (κ1) is 16.2. The van der Waals surface area contributed by atoms with Gasteiger partial charge >= 0.3 is 0 Å². The van der Waals surface area contributed by atoms with Gasteiger partial charge in [-0.3, -0.25) is 14.9 Å². The second-order valence-corrected chi connectivity index (χ2v) is 4.66. The zero-order chi connectivity index (χ0) is 15.0. The zero-order valence-corrected chi connectivity index (χ0v) is 12.3. The van der Waals surface area contributed by atoms with E-state index in [-0.39, 0.29) is 30.9 Å². The molecule has 0 saturated heterocycles. The van der Waals surface area contributed by atoms with Crippen LogP contribution in [0.2, 0.25) is 0 Å². The third kappa shape index (κ3) is 5.40. The monoisotopic (exact) mass is 277 g/mol. The number of amides is 2. The fourth-order valence-corrected chi connectivity index (χ4v) is 1.80. The van der Waals surface area contributed by atoms with E-state index in [9.17, 15) is 9.59 Å². The Morgan fingerprint density at radius 1 is 1.10 bits per heavy atom. The topological polar surface area (TPSA) is 70.2 Å². The van der Waals surface area contributed by atoms with Crippen LogP contribution in [0, 0.1) is 0 Å². The third-order valence-corrected chi connectivity index (χ3v) is 3.12. The third-order valence-electron chi connectivity index (χ3n) is 3.12. The molecular weight excluding hydrogens is 254 g/mol. The first-order chi connectivity index (χ1) is 9.56. The van der Waals surface area contributed by atoms with E-state index in [2.05, 4.69) is 35.0 Å². The summed E-state index contributed by atoms with van der Waals surface area (Å²) in [4.78, 5) is 22.7. The van der Waals surface area contributed by atoms with Gasteiger partial charge in [-0.1, -0.05) is 31.2 Å². The molecule has 0 spiro atoms. The van der Waals surface area contributed by atoms with Crippen molar-refractivity contribution in [2.24, 2.45) is 0 Å². The highest BCUT2D eigenvalue weighted by Gasteiger charge is 2.09. The molecule has 5 heteroatoms. The van der Waals surface area contributed by atoms with E-state index in [1.54, 1.807) is 7.05 Å². The largest absolute Gasteiger partial charge is 0.358 e. The van der Waals surface area contributed by atoms with Gasteiger partial charge < -0.3 is 10.6 Å². The zero-order valence-electron chi connectivity index (χ0n) is 12.3. The molecule has 1 rings (SSSR count). The average molecular weight is 277 g/mol. The number of benzene rings is 1. The lowest BCUT2D eigenvalue weighted by atomic mass is 10.1. The fraction of sp³-hybridized carbons (Fsp3) is 0.467. The van der Waals surface area contributed by atoms with Gasteiger partial charge in [-0.25, -0.2) is 0 Å². The summed E-state index contributed by atoms with van der Waals surface area (Å²) in [5, 5.41) is 8.16. The number of hydrogen-bond acceptors (Lipinski definition) is 3. The summed E-state index contributed by atoms with van der Waals surface area (Å²) in [5.41, 5.74) is 2.35. The Hall–Kier alpha value is -1.88. The summed E-state index contributed by atoms with van der Waals surface area (Å²) < 4.78 is 0. The van der Waals surface area contributed by atoms with Crippen LogP contribution in [0.1, 0.15) is 31.0 Å². The number of hydrogen-bond donors (Lipinski definition) is 3. The standard InChI is InChI=1S/C15H23N3O2/c1-4-12-5-7-13(8-6-12)11(2)18-15(20)10-17-9-14(19)16-3/h5-8,11,17H,4,9-10H2,1-3H3,(H,16,19)(H,18,20)/t11-/m0/s1. The number of carbonyl (C=O) groups excluding carboxylic acids is 2. The van der Waals surface area contributed by atoms with E-state index >= 15 is 0 Å². The van der Waals surface area contributed by atoms with Crippen LogP contribution in [-0.2, 0) is 16.0 Å². The van der Waals surface area contributed by atoms with Crippen LogP contribution in [0.15, 0.2) is 24.3 Å². The normalized spacial score (nSPS) is 11.8. The second-order valence-electron chi connectivity index (χ2n) is 4.66. The van der Waals surface area contributed by atoms with Gasteiger partial charge in [-0.05, 0) is 24.5 Å². The second kappa shape index (κ2) is 8.32. The lowest BCUT2D eigenvalue weighted by Gasteiger charge is -2.15. The van der Waals surface area contributed by atoms with Crippen molar-refractivity contribution in [3.8, 4) is 0 Å². The minimum absolute atomic E-state index is 0.0461. The first-order valence-corrected chi connectivity index (χ1v) is 6.86. The Labute approximate surface area is 120 Å². The fourth-order valence-electron chi connectivity index (χ4n) is 1.80. The van der Waals surface area contributed by atoms with Crippen LogP contribution in [-0.4, -0.2) is 32.0 Å². The van der Waals surface area contributed by atoms with Gasteiger partial charge in [0.1, 0.15) is 0 Å². The molecule has 1 aromatic carbocycles. The highest BCUT2D eigenvalue weighted by Crippen LogP contribution is 2.13. The molecule has 0 unspecified atom stereocenters. The molecule has 0 aliphatic heterocycles. The van der Waals surface area contributed by atoms with Crippen molar-refractivity contribution in [2.45, 2.75) is 26.3 Å². The molecule has 3 N–H and O–H groups in total. The van der Waals surface area contributed by atoms with Crippen molar-refractivity contribution in [1.82, 2.24) is 16.0 Å². The Morgan fingerprint density at radius 2 is 1.70 bits per heavy atom. The predicted molar refractivity (Wildman–Crippen MR) is 79.3 cm³/mol. The molecule has 0 aliphatic carbocycles. The number of aryl methyl sites for hydroxylation is 1. The molecule has 2 amide bonds. The molecule has 20 heavy (non-hydrogen) atoms. The van der Waals surface area contributed by atoms with Crippen LogP contribution in [0.3, 0.4) is 0 Å². The molecule has 0 bridgehead atoms. The van der Waals surface area contributed by atoms with E-state index < -0.39 is 0 Å². The molecule has 0 saturated carbocycles. The molecule has 0 radical (unpaired) electrons. The van der Waals surface area contributed by atoms with Crippen molar-refractivity contribution in [2.75, 3.05) is 20.1 Å². The molecule has 5 nitrogen and oxygen atoms in total. The number of nitrogens with one attached hydrogen (secondary N) is 3. The SMILES string of the molecule is CCc1ccc([C@H](C)NC(=O)CNCC(=O)NC)cc1. The van der Waals surface area contributed by atoms with Crippen molar-refractivity contribution < 1.29 is 9.59 Å². The first-order valence-electron chi connectivity index (χ1n) is 6.86. The molecule has 1 aromatic rings. The van der Waals surface area contributed by atoms with Crippen LogP contribution in [0.25, 0.3) is 0 Å². The molecular formula is C15H23N3O2. The van der Waals surface area contributed by atoms with Crippen LogP contribution >= 0.6 is 0 Å². The van der Waals surface area contributed by atoms with Crippen molar-refractivity contribution in [3.05, 3.63) is 35.4 Å². The average Bonchev–Trinajstić information content (AvgIpc) is 2.47. The maximum absolute atomic E-state index is 11.7. The van der Waals surface area contributed by atoms with Crippen LogP contribution < -0.4 is 16.0 Å². The van der Waals surface area contributed by atoms with Gasteiger partial charge in [0.05, 0.1) is 19.1 Å². The van der Waals surface area contributed by atoms with E-state index in [1.165, 1.54) is 5.56 Å². The Kier molecular flexibility index (Phi) is 6.73. The van der Waals surface area contributed by atoms with Crippen molar-refractivity contribution in [1.29, 1.82) is 0 Å². The Balaban J connectivity index is 2.38. The lowest BCUT2D eigenvalue weighted by molar-refractivity contribution is -0.121. The predicted octanol–water partition coefficient (Wildman–Crippen LogP) is 0.762. The molecule has 0 aliphatic rings. The van der Waals surface area contributed by atoms with Gasteiger partial charge in [0.15, 0.2) is 0 Å². The Morgan fingerprint density at radius 3 is 2.25 bits per heavy atom. The summed E-state index contributed by atoms with van der Waals surface area (Å²) in [6.07, 6.45) is 1.00. The van der Waals surface area contributed by atoms with Crippen molar-refractivity contribution in [3.63, 3.8) is 0 Å². The Bertz CT molecular complexity index is 443. The van der Waals surface area contributed by atoms with Gasteiger partial charge in [0.25, 0.3) is 0 Å². The van der Waals surface area contributed by atoms with E-state index in [4.69, 9.17) is 0 Å². The van der Waals surface area contributed by atoms with Gasteiger partial charge in [-0.15, -0.1) is 0 Å². The summed E-state index contributed by atoms with van der Waals surface area (Å²) >= 11 is 0. The maximum atomic E-state index is 11.7. The maximum Gasteiger partial charge on any atom is 0.234 e. The van der Waals surface area contributed by atoms with E-state index in [1.807, 2.05) is 19.1 Å². The molecule has 0 heterocycles. The summed E-state index contributed by atoms with van der Waals surface area (Å²) in [7, 11) is 1.56. The van der Waals surface area contributed by atoms with Gasteiger partial charge in [0, 0.05) is 7.05 Å². The highest BCUT2D eigenvalue weighted by molar-refractivity contribution is 5.81. The van der Waals surface area contributed by atoms with Gasteiger partial charge in [-0.2, -0.15) is 0 Å². The van der Waals surface area contributed by atoms with Crippen molar-refractivity contribution >= 4 is 11.8 Å². The number of likely N-dealkylation sites (N-methyl/N-ethyl adjacent to an activating group) is 1. The van der Waals surface area contributed by atoms with E-state index in [0.717, 1.165) is 12.0 Å². The van der Waals surface area contributed by atoms with Gasteiger partial charge in [0.2, 0.25) is 11.8 Å². The van der Waals surface area contributed by atoms with Crippen LogP contribution in [0.4, 0.5) is 0 Å². The number of carbonyl (C=O) groups is 2.